The number of rotatable bonds is 4. The zero-order valence-electron chi connectivity index (χ0n) is 10.6. The average Bonchev–Trinajstić information content (AvgIpc) is 2.37. The molecule has 3 heteroatoms. The molecular formula is C14H21NO2. The van der Waals surface area contributed by atoms with Crippen LogP contribution in [0.3, 0.4) is 0 Å². The lowest BCUT2D eigenvalue weighted by atomic mass is 9.95. The van der Waals surface area contributed by atoms with E-state index >= 15 is 0 Å². The Labute approximate surface area is 103 Å². The second-order valence-corrected chi connectivity index (χ2v) is 4.68. The summed E-state index contributed by atoms with van der Waals surface area (Å²) in [5.41, 5.74) is 8.64. The van der Waals surface area contributed by atoms with E-state index in [4.69, 9.17) is 15.2 Å². The van der Waals surface area contributed by atoms with E-state index in [0.29, 0.717) is 0 Å². The molecular weight excluding hydrogens is 214 g/mol. The number of aryl methyl sites for hydroxylation is 1. The minimum atomic E-state index is -0.0157. The third-order valence-electron chi connectivity index (χ3n) is 3.35. The van der Waals surface area contributed by atoms with Crippen LogP contribution in [0.25, 0.3) is 0 Å². The summed E-state index contributed by atoms with van der Waals surface area (Å²) in [6.07, 6.45) is 3.18. The van der Waals surface area contributed by atoms with Gasteiger partial charge < -0.3 is 15.2 Å². The number of para-hydroxylation sites is 1. The zero-order valence-corrected chi connectivity index (χ0v) is 10.6. The number of hydrogen-bond donors (Lipinski definition) is 1. The fourth-order valence-electron chi connectivity index (χ4n) is 2.29. The molecule has 0 saturated heterocycles. The fourth-order valence-corrected chi connectivity index (χ4v) is 2.29. The lowest BCUT2D eigenvalue weighted by molar-refractivity contribution is 0.104. The molecule has 0 aromatic heterocycles. The summed E-state index contributed by atoms with van der Waals surface area (Å²) in [6.45, 7) is 2.84. The molecule has 1 heterocycles. The Hall–Kier alpha value is -1.06. The number of benzene rings is 1. The Bertz CT molecular complexity index is 378. The maximum Gasteiger partial charge on any atom is 0.127 e. The molecule has 0 spiro atoms. The van der Waals surface area contributed by atoms with E-state index in [1.54, 1.807) is 7.11 Å². The van der Waals surface area contributed by atoms with E-state index in [1.807, 2.05) is 6.92 Å². The van der Waals surface area contributed by atoms with E-state index in [0.717, 1.165) is 37.2 Å². The van der Waals surface area contributed by atoms with Crippen LogP contribution in [-0.4, -0.2) is 19.8 Å². The minimum absolute atomic E-state index is 0.0157. The first-order chi connectivity index (χ1) is 8.22. The highest BCUT2D eigenvalue weighted by atomic mass is 16.5. The first kappa shape index (κ1) is 12.4. The smallest absolute Gasteiger partial charge is 0.127 e. The number of ether oxygens (including phenoxy) is 2. The quantitative estimate of drug-likeness (QED) is 0.871. The predicted molar refractivity (Wildman–Crippen MR) is 68.3 cm³/mol. The Morgan fingerprint density at radius 1 is 1.47 bits per heavy atom. The van der Waals surface area contributed by atoms with E-state index < -0.39 is 0 Å². The molecule has 0 aliphatic carbocycles. The van der Waals surface area contributed by atoms with Gasteiger partial charge in [-0.15, -0.1) is 0 Å². The van der Waals surface area contributed by atoms with Crippen molar-refractivity contribution in [3.8, 4) is 5.75 Å². The Morgan fingerprint density at radius 3 is 3.06 bits per heavy atom. The molecule has 1 aromatic rings. The van der Waals surface area contributed by atoms with Crippen molar-refractivity contribution < 1.29 is 9.47 Å². The highest BCUT2D eigenvalue weighted by Crippen LogP contribution is 2.33. The van der Waals surface area contributed by atoms with E-state index in [-0.39, 0.29) is 12.1 Å². The molecule has 2 N–H and O–H groups in total. The van der Waals surface area contributed by atoms with Gasteiger partial charge in [0, 0.05) is 18.7 Å². The van der Waals surface area contributed by atoms with E-state index in [1.165, 1.54) is 5.56 Å². The minimum Gasteiger partial charge on any atom is -0.493 e. The van der Waals surface area contributed by atoms with Crippen molar-refractivity contribution in [2.24, 2.45) is 5.73 Å². The van der Waals surface area contributed by atoms with Crippen LogP contribution in [0.4, 0.5) is 0 Å². The van der Waals surface area contributed by atoms with Crippen molar-refractivity contribution in [3.63, 3.8) is 0 Å². The molecule has 2 atom stereocenters. The summed E-state index contributed by atoms with van der Waals surface area (Å²) in [6, 6.07) is 6.25. The van der Waals surface area contributed by atoms with Crippen molar-refractivity contribution in [3.05, 3.63) is 29.3 Å². The van der Waals surface area contributed by atoms with Crippen LogP contribution in [0.5, 0.6) is 5.75 Å². The van der Waals surface area contributed by atoms with Crippen LogP contribution in [0.1, 0.15) is 36.9 Å². The highest BCUT2D eigenvalue weighted by Gasteiger charge is 2.19. The van der Waals surface area contributed by atoms with Gasteiger partial charge in [0.1, 0.15) is 5.75 Å². The van der Waals surface area contributed by atoms with Crippen molar-refractivity contribution >= 4 is 0 Å². The lowest BCUT2D eigenvalue weighted by Gasteiger charge is -2.24. The first-order valence-corrected chi connectivity index (χ1v) is 6.25. The van der Waals surface area contributed by atoms with Crippen LogP contribution >= 0.6 is 0 Å². The van der Waals surface area contributed by atoms with Crippen molar-refractivity contribution in [1.29, 1.82) is 0 Å². The van der Waals surface area contributed by atoms with Gasteiger partial charge in [-0.3, -0.25) is 0 Å². The average molecular weight is 235 g/mol. The first-order valence-electron chi connectivity index (χ1n) is 6.25. The molecule has 94 valence electrons. The lowest BCUT2D eigenvalue weighted by Crippen LogP contribution is -2.20. The number of nitrogens with two attached hydrogens (primary N) is 1. The summed E-state index contributed by atoms with van der Waals surface area (Å²) in [5.74, 6) is 1.01. The van der Waals surface area contributed by atoms with Gasteiger partial charge in [-0.25, -0.2) is 0 Å². The van der Waals surface area contributed by atoms with Gasteiger partial charge in [-0.2, -0.15) is 0 Å². The number of methoxy groups -OCH3 is 1. The van der Waals surface area contributed by atoms with Crippen LogP contribution in [0, 0.1) is 0 Å². The summed E-state index contributed by atoms with van der Waals surface area (Å²) in [7, 11) is 1.72. The molecule has 0 amide bonds. The highest BCUT2D eigenvalue weighted by molar-refractivity contribution is 5.44. The van der Waals surface area contributed by atoms with Crippen LogP contribution in [0.2, 0.25) is 0 Å². The molecule has 1 aliphatic rings. The monoisotopic (exact) mass is 235 g/mol. The van der Waals surface area contributed by atoms with Crippen LogP contribution in [-0.2, 0) is 11.2 Å². The second kappa shape index (κ2) is 5.52. The molecule has 0 radical (unpaired) electrons. The van der Waals surface area contributed by atoms with E-state index in [9.17, 15) is 0 Å². The second-order valence-electron chi connectivity index (χ2n) is 4.68. The SMILES string of the molecule is COC(C)CC(N)c1cccc2c1OCCC2. The predicted octanol–water partition coefficient (Wildman–Crippen LogP) is 2.44. The number of fused-ring (bicyclic) bond motifs is 1. The maximum atomic E-state index is 6.24. The van der Waals surface area contributed by atoms with Gasteiger partial charge in [-0.1, -0.05) is 18.2 Å². The number of hydrogen-bond acceptors (Lipinski definition) is 3. The van der Waals surface area contributed by atoms with Gasteiger partial charge in [0.25, 0.3) is 0 Å². The molecule has 0 fully saturated rings. The van der Waals surface area contributed by atoms with Gasteiger partial charge in [0.15, 0.2) is 0 Å². The summed E-state index contributed by atoms with van der Waals surface area (Å²) in [5, 5.41) is 0. The van der Waals surface area contributed by atoms with Crippen molar-refractivity contribution in [1.82, 2.24) is 0 Å². The van der Waals surface area contributed by atoms with Crippen LogP contribution in [0.15, 0.2) is 18.2 Å². The fraction of sp³-hybridized carbons (Fsp3) is 0.571. The van der Waals surface area contributed by atoms with Gasteiger partial charge in [0.2, 0.25) is 0 Å². The normalized spacial score (nSPS) is 18.1. The molecule has 2 rings (SSSR count). The summed E-state index contributed by atoms with van der Waals surface area (Å²) in [4.78, 5) is 0. The molecule has 1 aromatic carbocycles. The summed E-state index contributed by atoms with van der Waals surface area (Å²) >= 11 is 0. The van der Waals surface area contributed by atoms with Crippen molar-refractivity contribution in [2.75, 3.05) is 13.7 Å². The van der Waals surface area contributed by atoms with Crippen molar-refractivity contribution in [2.45, 2.75) is 38.3 Å². The Balaban J connectivity index is 2.20. The Kier molecular flexibility index (Phi) is 4.02. The molecule has 0 saturated carbocycles. The van der Waals surface area contributed by atoms with Gasteiger partial charge in [-0.05, 0) is 31.7 Å². The Morgan fingerprint density at radius 2 is 2.29 bits per heavy atom. The molecule has 0 bridgehead atoms. The third kappa shape index (κ3) is 2.79. The standard InChI is InChI=1S/C14H21NO2/c1-10(16-2)9-13(15)12-7-3-5-11-6-4-8-17-14(11)12/h3,5,7,10,13H,4,6,8-9,15H2,1-2H3. The van der Waals surface area contributed by atoms with Crippen LogP contribution < -0.4 is 10.5 Å². The van der Waals surface area contributed by atoms with Gasteiger partial charge in [0.05, 0.1) is 12.7 Å². The molecule has 3 nitrogen and oxygen atoms in total. The molecule has 1 aliphatic heterocycles. The zero-order chi connectivity index (χ0) is 12.3. The third-order valence-corrected chi connectivity index (χ3v) is 3.35. The molecule has 17 heavy (non-hydrogen) atoms. The van der Waals surface area contributed by atoms with E-state index in [2.05, 4.69) is 18.2 Å². The summed E-state index contributed by atoms with van der Waals surface area (Å²) < 4.78 is 11.0. The largest absolute Gasteiger partial charge is 0.493 e. The topological polar surface area (TPSA) is 44.5 Å². The molecule has 2 unspecified atom stereocenters. The maximum absolute atomic E-state index is 6.24. The van der Waals surface area contributed by atoms with Gasteiger partial charge >= 0.3 is 0 Å².